The second kappa shape index (κ2) is 4.02. The lowest BCUT2D eigenvalue weighted by Crippen LogP contribution is -2.23. The van der Waals surface area contributed by atoms with Gasteiger partial charge in [0.25, 0.3) is 11.6 Å². The molecule has 0 bridgehead atoms. The first-order valence-electron chi connectivity index (χ1n) is 3.87. The molecule has 0 amide bonds. The van der Waals surface area contributed by atoms with Crippen LogP contribution in [0.2, 0.25) is 0 Å². The Morgan fingerprint density at radius 3 is 2.92 bits per heavy atom. The van der Waals surface area contributed by atoms with Gasteiger partial charge < -0.3 is 4.74 Å². The minimum atomic E-state index is -0.610. The van der Waals surface area contributed by atoms with Gasteiger partial charge in [0, 0.05) is 11.8 Å². The molecule has 0 aliphatic carbocycles. The van der Waals surface area contributed by atoms with Crippen LogP contribution in [-0.4, -0.2) is 23.3 Å². The van der Waals surface area contributed by atoms with Crippen LogP contribution in [-0.2, 0) is 6.54 Å². The molecule has 1 aromatic rings. The van der Waals surface area contributed by atoms with Crippen molar-refractivity contribution in [3.8, 4) is 6.01 Å². The molecule has 13 heavy (non-hydrogen) atoms. The SMILES string of the molecule is COc1nc(C)cc(=O)n1CCF. The van der Waals surface area contributed by atoms with E-state index in [2.05, 4.69) is 4.98 Å². The molecular weight excluding hydrogens is 175 g/mol. The summed E-state index contributed by atoms with van der Waals surface area (Å²) in [6.07, 6.45) is 0. The van der Waals surface area contributed by atoms with E-state index in [0.717, 1.165) is 4.57 Å². The summed E-state index contributed by atoms with van der Waals surface area (Å²) in [5.74, 6) is 0. The maximum Gasteiger partial charge on any atom is 0.299 e. The van der Waals surface area contributed by atoms with Crippen LogP contribution in [0.4, 0.5) is 4.39 Å². The van der Waals surface area contributed by atoms with Crippen LogP contribution in [0.15, 0.2) is 10.9 Å². The van der Waals surface area contributed by atoms with E-state index >= 15 is 0 Å². The van der Waals surface area contributed by atoms with Gasteiger partial charge in [-0.1, -0.05) is 0 Å². The summed E-state index contributed by atoms with van der Waals surface area (Å²) in [5.41, 5.74) is 0.277. The van der Waals surface area contributed by atoms with E-state index in [1.165, 1.54) is 13.2 Å². The molecule has 0 aliphatic heterocycles. The normalized spacial score (nSPS) is 10.1. The summed E-state index contributed by atoms with van der Waals surface area (Å²) in [5, 5.41) is 0. The van der Waals surface area contributed by atoms with Crippen molar-refractivity contribution in [3.63, 3.8) is 0 Å². The molecule has 0 radical (unpaired) electrons. The summed E-state index contributed by atoms with van der Waals surface area (Å²) in [6, 6.07) is 1.50. The number of halogens is 1. The fourth-order valence-corrected chi connectivity index (χ4v) is 1.04. The standard InChI is InChI=1S/C8H11FN2O2/c1-6-5-7(12)11(4-3-9)8(10-6)13-2/h5H,3-4H2,1-2H3. The van der Waals surface area contributed by atoms with Crippen LogP contribution in [0, 0.1) is 6.92 Å². The number of ether oxygens (including phenoxy) is 1. The summed E-state index contributed by atoms with van der Waals surface area (Å²) < 4.78 is 18.0. The molecule has 1 aromatic heterocycles. The Hall–Kier alpha value is -1.39. The molecule has 1 rings (SSSR count). The Kier molecular flexibility index (Phi) is 3.00. The van der Waals surface area contributed by atoms with Gasteiger partial charge >= 0.3 is 0 Å². The third kappa shape index (κ3) is 2.05. The fraction of sp³-hybridized carbons (Fsp3) is 0.500. The highest BCUT2D eigenvalue weighted by atomic mass is 19.1. The van der Waals surface area contributed by atoms with E-state index in [4.69, 9.17) is 4.74 Å². The molecular formula is C8H11FN2O2. The zero-order chi connectivity index (χ0) is 9.84. The van der Waals surface area contributed by atoms with Gasteiger partial charge in [-0.3, -0.25) is 9.36 Å². The number of aryl methyl sites for hydroxylation is 1. The van der Waals surface area contributed by atoms with E-state index in [1.807, 2.05) is 0 Å². The molecule has 0 atom stereocenters. The molecule has 0 saturated heterocycles. The lowest BCUT2D eigenvalue weighted by Gasteiger charge is -2.08. The fourth-order valence-electron chi connectivity index (χ4n) is 1.04. The third-order valence-corrected chi connectivity index (χ3v) is 1.59. The molecule has 0 fully saturated rings. The van der Waals surface area contributed by atoms with Crippen molar-refractivity contribution < 1.29 is 9.13 Å². The molecule has 1 heterocycles. The number of hydrogen-bond donors (Lipinski definition) is 0. The van der Waals surface area contributed by atoms with Crippen molar-refractivity contribution in [3.05, 3.63) is 22.1 Å². The zero-order valence-corrected chi connectivity index (χ0v) is 7.58. The Balaban J connectivity index is 3.22. The van der Waals surface area contributed by atoms with Gasteiger partial charge in [-0.15, -0.1) is 0 Å². The lowest BCUT2D eigenvalue weighted by atomic mass is 10.4. The van der Waals surface area contributed by atoms with Gasteiger partial charge in [-0.2, -0.15) is 0 Å². The summed E-state index contributed by atoms with van der Waals surface area (Å²) in [7, 11) is 1.40. The zero-order valence-electron chi connectivity index (χ0n) is 7.58. The van der Waals surface area contributed by atoms with Crippen molar-refractivity contribution in [2.24, 2.45) is 0 Å². The van der Waals surface area contributed by atoms with Crippen molar-refractivity contribution in [2.45, 2.75) is 13.5 Å². The minimum Gasteiger partial charge on any atom is -0.468 e. The van der Waals surface area contributed by atoms with Crippen LogP contribution < -0.4 is 10.3 Å². The van der Waals surface area contributed by atoms with Crippen LogP contribution in [0.25, 0.3) is 0 Å². The predicted octanol–water partition coefficient (Wildman–Crippen LogP) is 0.530. The maximum absolute atomic E-state index is 12.0. The van der Waals surface area contributed by atoms with Crippen molar-refractivity contribution in [1.82, 2.24) is 9.55 Å². The van der Waals surface area contributed by atoms with Crippen LogP contribution >= 0.6 is 0 Å². The Bertz CT molecular complexity index is 348. The Morgan fingerprint density at radius 2 is 2.38 bits per heavy atom. The van der Waals surface area contributed by atoms with Gasteiger partial charge in [-0.25, -0.2) is 9.37 Å². The predicted molar refractivity (Wildman–Crippen MR) is 45.8 cm³/mol. The maximum atomic E-state index is 12.0. The number of alkyl halides is 1. The van der Waals surface area contributed by atoms with E-state index in [9.17, 15) is 9.18 Å². The first kappa shape index (κ1) is 9.70. The molecule has 0 spiro atoms. The highest BCUT2D eigenvalue weighted by molar-refractivity contribution is 5.06. The number of hydrogen-bond acceptors (Lipinski definition) is 3. The molecule has 0 unspecified atom stereocenters. The average molecular weight is 186 g/mol. The lowest BCUT2D eigenvalue weighted by molar-refractivity contribution is 0.329. The largest absolute Gasteiger partial charge is 0.468 e. The number of methoxy groups -OCH3 is 1. The highest BCUT2D eigenvalue weighted by Gasteiger charge is 2.05. The second-order valence-electron chi connectivity index (χ2n) is 2.56. The second-order valence-corrected chi connectivity index (χ2v) is 2.56. The third-order valence-electron chi connectivity index (χ3n) is 1.59. The molecule has 0 aromatic carbocycles. The van der Waals surface area contributed by atoms with Crippen molar-refractivity contribution in [2.75, 3.05) is 13.8 Å². The van der Waals surface area contributed by atoms with E-state index < -0.39 is 6.67 Å². The van der Waals surface area contributed by atoms with Gasteiger partial charge in [0.2, 0.25) is 0 Å². The average Bonchev–Trinajstić information content (AvgIpc) is 2.09. The van der Waals surface area contributed by atoms with E-state index in [-0.39, 0.29) is 18.1 Å². The number of aromatic nitrogens is 2. The quantitative estimate of drug-likeness (QED) is 0.691. The number of nitrogens with zero attached hydrogens (tertiary/aromatic N) is 2. The van der Waals surface area contributed by atoms with Crippen molar-refractivity contribution in [1.29, 1.82) is 0 Å². The van der Waals surface area contributed by atoms with Crippen LogP contribution in [0.5, 0.6) is 6.01 Å². The molecule has 0 saturated carbocycles. The highest BCUT2D eigenvalue weighted by Crippen LogP contribution is 2.03. The first-order valence-corrected chi connectivity index (χ1v) is 3.87. The minimum absolute atomic E-state index is 0.0186. The van der Waals surface area contributed by atoms with E-state index in [1.54, 1.807) is 6.92 Å². The molecule has 72 valence electrons. The smallest absolute Gasteiger partial charge is 0.299 e. The van der Waals surface area contributed by atoms with E-state index in [0.29, 0.717) is 5.69 Å². The molecule has 5 heteroatoms. The molecule has 0 aliphatic rings. The summed E-state index contributed by atoms with van der Waals surface area (Å²) in [4.78, 5) is 15.2. The van der Waals surface area contributed by atoms with Gasteiger partial charge in [0.15, 0.2) is 0 Å². The van der Waals surface area contributed by atoms with Crippen LogP contribution in [0.3, 0.4) is 0 Å². The summed E-state index contributed by atoms with van der Waals surface area (Å²) in [6.45, 7) is 1.06. The Labute approximate surface area is 75.0 Å². The Morgan fingerprint density at radius 1 is 1.69 bits per heavy atom. The van der Waals surface area contributed by atoms with Gasteiger partial charge in [0.1, 0.15) is 6.67 Å². The van der Waals surface area contributed by atoms with Gasteiger partial charge in [0.05, 0.1) is 13.7 Å². The number of rotatable bonds is 3. The summed E-state index contributed by atoms with van der Waals surface area (Å²) >= 11 is 0. The monoisotopic (exact) mass is 186 g/mol. The molecule has 0 N–H and O–H groups in total. The van der Waals surface area contributed by atoms with Crippen LogP contribution in [0.1, 0.15) is 5.69 Å². The first-order chi connectivity index (χ1) is 6.19. The van der Waals surface area contributed by atoms with Gasteiger partial charge in [-0.05, 0) is 6.92 Å². The van der Waals surface area contributed by atoms with Crippen molar-refractivity contribution >= 4 is 0 Å². The topological polar surface area (TPSA) is 44.1 Å². The molecule has 4 nitrogen and oxygen atoms in total.